The van der Waals surface area contributed by atoms with Crippen molar-refractivity contribution >= 4 is 10.9 Å². The highest BCUT2D eigenvalue weighted by atomic mass is 16.3. The number of hydrogen-bond donors (Lipinski definition) is 2. The summed E-state index contributed by atoms with van der Waals surface area (Å²) in [7, 11) is 0. The van der Waals surface area contributed by atoms with Gasteiger partial charge in [0.2, 0.25) is 0 Å². The van der Waals surface area contributed by atoms with Crippen molar-refractivity contribution in [3.8, 4) is 0 Å². The predicted octanol–water partition coefficient (Wildman–Crippen LogP) is 4.92. The van der Waals surface area contributed by atoms with Crippen LogP contribution in [0.25, 0.3) is 10.9 Å². The van der Waals surface area contributed by atoms with Gasteiger partial charge in [0.05, 0.1) is 11.6 Å². The van der Waals surface area contributed by atoms with Gasteiger partial charge in [-0.15, -0.1) is 10.2 Å². The Morgan fingerprint density at radius 2 is 1.97 bits per heavy atom. The van der Waals surface area contributed by atoms with Gasteiger partial charge in [0.15, 0.2) is 5.82 Å². The molecule has 2 fully saturated rings. The molecule has 2 aromatic carbocycles. The highest BCUT2D eigenvalue weighted by Crippen LogP contribution is 2.44. The smallest absolute Gasteiger partial charge is 0.179 e. The summed E-state index contributed by atoms with van der Waals surface area (Å²) in [4.78, 5) is 7.13. The van der Waals surface area contributed by atoms with E-state index in [1.165, 1.54) is 24.0 Å². The third-order valence-electron chi connectivity index (χ3n) is 8.48. The molecule has 6 rings (SSSR count). The topological polar surface area (TPSA) is 90.8 Å². The number of tetrazole rings is 1. The van der Waals surface area contributed by atoms with E-state index in [1.54, 1.807) is 6.20 Å². The average Bonchev–Trinajstić information content (AvgIpc) is 3.42. The summed E-state index contributed by atoms with van der Waals surface area (Å²) in [5.41, 5.74) is 4.55. The third kappa shape index (κ3) is 4.65. The molecule has 4 aromatic rings. The number of pyridine rings is 1. The molecule has 36 heavy (non-hydrogen) atoms. The SMILES string of the molecule is Cc1ccc2nccc([C@@H](O)CC[C@@H]3CCN(C4CC(c5ccccc5)C4)C[C@@H]3c3nn[nH]n3)c2c1. The van der Waals surface area contributed by atoms with Crippen LogP contribution in [0.5, 0.6) is 0 Å². The van der Waals surface area contributed by atoms with Crippen LogP contribution in [0, 0.1) is 12.8 Å². The first-order chi connectivity index (χ1) is 17.7. The minimum atomic E-state index is -0.514. The van der Waals surface area contributed by atoms with Gasteiger partial charge < -0.3 is 5.11 Å². The first kappa shape index (κ1) is 23.3. The number of piperidine rings is 1. The van der Waals surface area contributed by atoms with E-state index >= 15 is 0 Å². The van der Waals surface area contributed by atoms with Gasteiger partial charge in [-0.3, -0.25) is 9.88 Å². The van der Waals surface area contributed by atoms with Crippen LogP contribution in [-0.4, -0.2) is 54.7 Å². The number of aryl methyl sites for hydroxylation is 1. The number of nitrogens with one attached hydrogen (secondary N) is 1. The molecule has 0 unspecified atom stereocenters. The number of aliphatic hydroxyl groups excluding tert-OH is 1. The summed E-state index contributed by atoms with van der Waals surface area (Å²) in [5, 5.41) is 27.5. The number of nitrogens with zero attached hydrogens (tertiary/aromatic N) is 5. The van der Waals surface area contributed by atoms with Crippen molar-refractivity contribution < 1.29 is 5.11 Å². The van der Waals surface area contributed by atoms with Gasteiger partial charge in [-0.25, -0.2) is 0 Å². The Labute approximate surface area is 212 Å². The molecule has 2 N–H and O–H groups in total. The largest absolute Gasteiger partial charge is 0.388 e. The maximum Gasteiger partial charge on any atom is 0.179 e. The molecule has 186 valence electrons. The van der Waals surface area contributed by atoms with Crippen LogP contribution in [-0.2, 0) is 0 Å². The zero-order valence-electron chi connectivity index (χ0n) is 20.8. The zero-order chi connectivity index (χ0) is 24.5. The van der Waals surface area contributed by atoms with Crippen molar-refractivity contribution in [2.45, 2.75) is 63.0 Å². The minimum Gasteiger partial charge on any atom is -0.388 e. The molecule has 0 spiro atoms. The number of rotatable bonds is 7. The van der Waals surface area contributed by atoms with Crippen molar-refractivity contribution in [2.75, 3.05) is 13.1 Å². The van der Waals surface area contributed by atoms with Crippen molar-refractivity contribution in [1.82, 2.24) is 30.5 Å². The normalized spacial score (nSPS) is 25.5. The summed E-state index contributed by atoms with van der Waals surface area (Å²) >= 11 is 0. The van der Waals surface area contributed by atoms with Crippen LogP contribution in [0.15, 0.2) is 60.8 Å². The Hall–Kier alpha value is -3.16. The molecule has 2 aliphatic rings. The Kier molecular flexibility index (Phi) is 6.50. The molecule has 1 aliphatic heterocycles. The number of likely N-dealkylation sites (tertiary alicyclic amines) is 1. The first-order valence-corrected chi connectivity index (χ1v) is 13.2. The van der Waals surface area contributed by atoms with Gasteiger partial charge in [0.25, 0.3) is 0 Å². The molecule has 3 atom stereocenters. The Morgan fingerprint density at radius 3 is 2.78 bits per heavy atom. The maximum atomic E-state index is 11.2. The number of aliphatic hydroxyl groups is 1. The fourth-order valence-electron chi connectivity index (χ4n) is 6.30. The van der Waals surface area contributed by atoms with Crippen LogP contribution >= 0.6 is 0 Å². The Morgan fingerprint density at radius 1 is 1.11 bits per heavy atom. The van der Waals surface area contributed by atoms with E-state index in [4.69, 9.17) is 0 Å². The predicted molar refractivity (Wildman–Crippen MR) is 139 cm³/mol. The lowest BCUT2D eigenvalue weighted by molar-refractivity contribution is 0.0497. The van der Waals surface area contributed by atoms with E-state index in [0.29, 0.717) is 24.3 Å². The molecule has 0 amide bonds. The number of fused-ring (bicyclic) bond motifs is 1. The van der Waals surface area contributed by atoms with Gasteiger partial charge in [-0.2, -0.15) is 5.21 Å². The van der Waals surface area contributed by atoms with Crippen molar-refractivity contribution in [3.05, 3.63) is 83.3 Å². The van der Waals surface area contributed by atoms with E-state index in [9.17, 15) is 5.11 Å². The quantitative estimate of drug-likeness (QED) is 0.388. The molecule has 2 aromatic heterocycles. The number of aromatic amines is 1. The van der Waals surface area contributed by atoms with Crippen molar-refractivity contribution in [3.63, 3.8) is 0 Å². The fourth-order valence-corrected chi connectivity index (χ4v) is 6.30. The lowest BCUT2D eigenvalue weighted by Gasteiger charge is -2.48. The molecule has 3 heterocycles. The van der Waals surface area contributed by atoms with E-state index in [0.717, 1.165) is 48.2 Å². The van der Waals surface area contributed by atoms with Crippen LogP contribution in [0.4, 0.5) is 0 Å². The third-order valence-corrected chi connectivity index (χ3v) is 8.48. The monoisotopic (exact) mass is 482 g/mol. The highest BCUT2D eigenvalue weighted by molar-refractivity contribution is 5.83. The minimum absolute atomic E-state index is 0.233. The molecule has 1 saturated carbocycles. The molecule has 1 saturated heterocycles. The molecular weight excluding hydrogens is 448 g/mol. The molecular formula is C29H34N6O. The molecule has 7 nitrogen and oxygen atoms in total. The highest BCUT2D eigenvalue weighted by Gasteiger charge is 2.40. The summed E-state index contributed by atoms with van der Waals surface area (Å²) in [6, 6.07) is 19.7. The average molecular weight is 483 g/mol. The number of H-pyrrole nitrogens is 1. The van der Waals surface area contributed by atoms with E-state index in [2.05, 4.69) is 79.9 Å². The number of hydrogen-bond acceptors (Lipinski definition) is 6. The second kappa shape index (κ2) is 10.1. The van der Waals surface area contributed by atoms with Crippen LogP contribution in [0.3, 0.4) is 0 Å². The Balaban J connectivity index is 1.12. The summed E-state index contributed by atoms with van der Waals surface area (Å²) in [5.74, 6) is 2.14. The van der Waals surface area contributed by atoms with Crippen LogP contribution in [0.2, 0.25) is 0 Å². The second-order valence-corrected chi connectivity index (χ2v) is 10.7. The molecule has 0 bridgehead atoms. The van der Waals surface area contributed by atoms with Gasteiger partial charge in [-0.05, 0) is 86.7 Å². The van der Waals surface area contributed by atoms with E-state index < -0.39 is 6.10 Å². The van der Waals surface area contributed by atoms with Gasteiger partial charge in [-0.1, -0.05) is 47.2 Å². The van der Waals surface area contributed by atoms with Crippen molar-refractivity contribution in [2.24, 2.45) is 5.92 Å². The van der Waals surface area contributed by atoms with Crippen LogP contribution in [0.1, 0.15) is 72.6 Å². The summed E-state index contributed by atoms with van der Waals surface area (Å²) in [6.45, 7) is 4.14. The molecule has 7 heteroatoms. The lowest BCUT2D eigenvalue weighted by Crippen LogP contribution is -2.50. The maximum absolute atomic E-state index is 11.2. The van der Waals surface area contributed by atoms with E-state index in [-0.39, 0.29) is 5.92 Å². The fraction of sp³-hybridized carbons (Fsp3) is 0.448. The second-order valence-electron chi connectivity index (χ2n) is 10.7. The zero-order valence-corrected chi connectivity index (χ0v) is 20.8. The molecule has 0 radical (unpaired) electrons. The Bertz CT molecular complexity index is 1290. The first-order valence-electron chi connectivity index (χ1n) is 13.2. The van der Waals surface area contributed by atoms with Gasteiger partial charge >= 0.3 is 0 Å². The van der Waals surface area contributed by atoms with Gasteiger partial charge in [0, 0.05) is 30.1 Å². The van der Waals surface area contributed by atoms with E-state index in [1.807, 2.05) is 12.1 Å². The van der Waals surface area contributed by atoms with Crippen molar-refractivity contribution in [1.29, 1.82) is 0 Å². The number of benzene rings is 2. The summed E-state index contributed by atoms with van der Waals surface area (Å²) < 4.78 is 0. The van der Waals surface area contributed by atoms with Gasteiger partial charge in [0.1, 0.15) is 0 Å². The summed E-state index contributed by atoms with van der Waals surface area (Å²) in [6.07, 6.45) is 6.47. The van der Waals surface area contributed by atoms with Crippen LogP contribution < -0.4 is 0 Å². The standard InChI is InChI=1S/C29H34N6O/c1-19-7-9-27-25(15-19)24(11-13-30-27)28(36)10-8-21-12-14-35(18-26(21)29-31-33-34-32-29)23-16-22(17-23)20-5-3-2-4-6-20/h2-7,9,11,13,15,21-23,26,28,36H,8,10,12,14,16-18H2,1H3,(H,31,32,33,34)/t21-,22?,23?,26+,28+/m1/s1. The molecule has 1 aliphatic carbocycles. The number of aromatic nitrogens is 5. The lowest BCUT2D eigenvalue weighted by atomic mass is 9.73.